The first-order chi connectivity index (χ1) is 16.2. The van der Waals surface area contributed by atoms with E-state index in [1.54, 1.807) is 36.5 Å². The van der Waals surface area contributed by atoms with Crippen LogP contribution < -0.4 is 5.56 Å². The Labute approximate surface area is 214 Å². The molecule has 34 heavy (non-hydrogen) atoms. The topological polar surface area (TPSA) is 88.8 Å². The smallest absolute Gasteiger partial charge is 0.266 e. The molecule has 5 rings (SSSR count). The summed E-state index contributed by atoms with van der Waals surface area (Å²) in [5.74, 6) is -0.465. The van der Waals surface area contributed by atoms with Crippen LogP contribution in [-0.4, -0.2) is 50.5 Å². The average Bonchev–Trinajstić information content (AvgIpc) is 3.29. The minimum atomic E-state index is -3.19. The van der Waals surface area contributed by atoms with Gasteiger partial charge in [-0.1, -0.05) is 53.4 Å². The molecule has 1 unspecified atom stereocenters. The summed E-state index contributed by atoms with van der Waals surface area (Å²) in [4.78, 5) is 33.7. The normalized spacial score (nSPS) is 21.1. The number of nitrogens with zero attached hydrogens (tertiary/aromatic N) is 3. The molecule has 0 bridgehead atoms. The zero-order valence-corrected chi connectivity index (χ0v) is 21.4. The van der Waals surface area contributed by atoms with Crippen LogP contribution in [0.1, 0.15) is 12.0 Å². The van der Waals surface area contributed by atoms with Crippen LogP contribution in [0.3, 0.4) is 0 Å². The molecule has 7 nitrogen and oxygen atoms in total. The Bertz CT molecular complexity index is 1530. The van der Waals surface area contributed by atoms with Gasteiger partial charge >= 0.3 is 0 Å². The first-order valence-electron chi connectivity index (χ1n) is 10.1. The number of pyridine rings is 1. The highest BCUT2D eigenvalue weighted by molar-refractivity contribution is 8.26. The Morgan fingerprint density at radius 2 is 1.94 bits per heavy atom. The Hall–Kier alpha value is -2.18. The molecule has 0 spiro atoms. The van der Waals surface area contributed by atoms with Crippen molar-refractivity contribution in [2.24, 2.45) is 0 Å². The van der Waals surface area contributed by atoms with Crippen LogP contribution >= 0.6 is 47.3 Å². The lowest BCUT2D eigenvalue weighted by atomic mass is 10.2. The fourth-order valence-corrected chi connectivity index (χ4v) is 7.90. The number of benzene rings is 1. The van der Waals surface area contributed by atoms with Gasteiger partial charge in [-0.05, 0) is 48.9 Å². The summed E-state index contributed by atoms with van der Waals surface area (Å²) in [5, 5.41) is 1.03. The maximum Gasteiger partial charge on any atom is 0.266 e. The molecule has 1 aromatic carbocycles. The van der Waals surface area contributed by atoms with Crippen molar-refractivity contribution in [3.05, 3.63) is 74.5 Å². The van der Waals surface area contributed by atoms with Gasteiger partial charge in [0.2, 0.25) is 0 Å². The minimum absolute atomic E-state index is 0.0333. The Morgan fingerprint density at radius 1 is 1.18 bits per heavy atom. The maximum atomic E-state index is 13.4. The van der Waals surface area contributed by atoms with Crippen LogP contribution in [0.5, 0.6) is 0 Å². The highest BCUT2D eigenvalue weighted by atomic mass is 35.5. The van der Waals surface area contributed by atoms with E-state index < -0.39 is 21.8 Å². The number of amides is 1. The van der Waals surface area contributed by atoms with E-state index in [1.807, 2.05) is 12.1 Å². The zero-order chi connectivity index (χ0) is 24.0. The van der Waals surface area contributed by atoms with Gasteiger partial charge in [-0.25, -0.2) is 13.4 Å². The van der Waals surface area contributed by atoms with E-state index in [1.165, 1.54) is 27.1 Å². The van der Waals surface area contributed by atoms with Crippen LogP contribution in [0.25, 0.3) is 11.7 Å². The molecule has 2 fully saturated rings. The molecule has 4 heterocycles. The second-order valence-corrected chi connectivity index (χ2v) is 13.1. The van der Waals surface area contributed by atoms with Crippen LogP contribution in [0.15, 0.2) is 68.3 Å². The van der Waals surface area contributed by atoms with Crippen LogP contribution in [-0.2, 0) is 14.6 Å². The molecular weight excluding hydrogens is 534 g/mol. The third-order valence-electron chi connectivity index (χ3n) is 5.43. The third kappa shape index (κ3) is 4.55. The third-order valence-corrected chi connectivity index (χ3v) is 9.78. The predicted molar refractivity (Wildman–Crippen MR) is 139 cm³/mol. The number of hydrogen-bond acceptors (Lipinski definition) is 8. The van der Waals surface area contributed by atoms with Gasteiger partial charge in [-0.15, -0.1) is 0 Å². The molecule has 3 aromatic rings. The van der Waals surface area contributed by atoms with Crippen molar-refractivity contribution in [2.75, 3.05) is 11.5 Å². The van der Waals surface area contributed by atoms with Gasteiger partial charge in [-0.3, -0.25) is 18.9 Å². The van der Waals surface area contributed by atoms with Crippen molar-refractivity contribution >= 4 is 79.1 Å². The van der Waals surface area contributed by atoms with Gasteiger partial charge in [-0.2, -0.15) is 0 Å². The van der Waals surface area contributed by atoms with Crippen molar-refractivity contribution in [2.45, 2.75) is 22.4 Å². The Kier molecular flexibility index (Phi) is 6.32. The predicted octanol–water partition coefficient (Wildman–Crippen LogP) is 3.89. The molecule has 1 amide bonds. The first-order valence-corrected chi connectivity index (χ1v) is 14.4. The number of halogens is 1. The lowest BCUT2D eigenvalue weighted by Gasteiger charge is -2.20. The number of rotatable bonds is 4. The standard InChI is InChI=1S/C22H16ClN3O4S4/c23-13-4-6-15(7-5-13)32-19-16(20(27)25-9-2-1-3-18(25)24-19)11-17-21(28)26(22(31)33-17)14-8-10-34(29,30)12-14/h1-7,9,11,14H,8,10,12H2/b17-11+. The number of hydrogen-bond donors (Lipinski definition) is 0. The van der Waals surface area contributed by atoms with Crippen molar-refractivity contribution in [3.8, 4) is 0 Å². The minimum Gasteiger partial charge on any atom is -0.289 e. The van der Waals surface area contributed by atoms with Gasteiger partial charge in [0.1, 0.15) is 15.0 Å². The summed E-state index contributed by atoms with van der Waals surface area (Å²) in [6.07, 6.45) is 3.48. The molecule has 0 aliphatic carbocycles. The first kappa shape index (κ1) is 23.6. The SMILES string of the molecule is O=C1/C(=C\c2c(Sc3ccc(Cl)cc3)nc3ccccn3c2=O)SC(=S)N1C1CCS(=O)(=O)C1. The van der Waals surface area contributed by atoms with Crippen LogP contribution in [0.2, 0.25) is 5.02 Å². The number of sulfone groups is 1. The second kappa shape index (κ2) is 9.12. The summed E-state index contributed by atoms with van der Waals surface area (Å²) in [5.41, 5.74) is 0.406. The number of carbonyl (C=O) groups is 1. The number of fused-ring (bicyclic) bond motifs is 1. The maximum absolute atomic E-state index is 13.4. The fourth-order valence-electron chi connectivity index (χ4n) is 3.80. The molecule has 174 valence electrons. The molecule has 0 radical (unpaired) electrons. The second-order valence-electron chi connectivity index (χ2n) is 7.73. The summed E-state index contributed by atoms with van der Waals surface area (Å²) in [6.45, 7) is 0. The van der Waals surface area contributed by atoms with Crippen molar-refractivity contribution in [1.29, 1.82) is 0 Å². The molecule has 2 aliphatic rings. The molecule has 2 aromatic heterocycles. The zero-order valence-electron chi connectivity index (χ0n) is 17.4. The summed E-state index contributed by atoms with van der Waals surface area (Å²) in [7, 11) is -3.19. The van der Waals surface area contributed by atoms with E-state index in [2.05, 4.69) is 4.98 Å². The molecule has 2 aliphatic heterocycles. The monoisotopic (exact) mass is 549 g/mol. The van der Waals surface area contributed by atoms with E-state index in [-0.39, 0.29) is 27.5 Å². The Morgan fingerprint density at radius 3 is 2.65 bits per heavy atom. The van der Waals surface area contributed by atoms with Gasteiger partial charge in [0, 0.05) is 16.1 Å². The lowest BCUT2D eigenvalue weighted by molar-refractivity contribution is -0.123. The molecule has 2 saturated heterocycles. The van der Waals surface area contributed by atoms with Crippen molar-refractivity contribution in [1.82, 2.24) is 14.3 Å². The lowest BCUT2D eigenvalue weighted by Crippen LogP contribution is -2.39. The van der Waals surface area contributed by atoms with Gasteiger partial charge in [0.05, 0.1) is 28.0 Å². The molecule has 1 atom stereocenters. The van der Waals surface area contributed by atoms with Crippen LogP contribution in [0, 0.1) is 0 Å². The van der Waals surface area contributed by atoms with E-state index in [4.69, 9.17) is 23.8 Å². The molecular formula is C22H16ClN3O4S4. The highest BCUT2D eigenvalue weighted by Gasteiger charge is 2.42. The van der Waals surface area contributed by atoms with Crippen molar-refractivity contribution in [3.63, 3.8) is 0 Å². The number of carbonyl (C=O) groups excluding carboxylic acids is 1. The summed E-state index contributed by atoms with van der Waals surface area (Å²) >= 11 is 13.7. The Balaban J connectivity index is 1.58. The fraction of sp³-hybridized carbons (Fsp3) is 0.182. The number of thiocarbonyl (C=S) groups is 1. The van der Waals surface area contributed by atoms with Gasteiger partial charge < -0.3 is 0 Å². The van der Waals surface area contributed by atoms with E-state index in [0.717, 1.165) is 16.7 Å². The molecule has 0 saturated carbocycles. The van der Waals surface area contributed by atoms with Crippen LogP contribution in [0.4, 0.5) is 0 Å². The average molecular weight is 550 g/mol. The van der Waals surface area contributed by atoms with E-state index in [9.17, 15) is 18.0 Å². The highest BCUT2D eigenvalue weighted by Crippen LogP contribution is 2.37. The summed E-state index contributed by atoms with van der Waals surface area (Å²) < 4.78 is 25.6. The number of aromatic nitrogens is 2. The number of thioether (sulfide) groups is 1. The molecule has 0 N–H and O–H groups in total. The van der Waals surface area contributed by atoms with Crippen molar-refractivity contribution < 1.29 is 13.2 Å². The van der Waals surface area contributed by atoms with E-state index in [0.29, 0.717) is 26.4 Å². The van der Waals surface area contributed by atoms with E-state index >= 15 is 0 Å². The van der Waals surface area contributed by atoms with Gasteiger partial charge in [0.15, 0.2) is 9.84 Å². The molecule has 12 heteroatoms. The quantitative estimate of drug-likeness (QED) is 0.275. The largest absolute Gasteiger partial charge is 0.289 e. The summed E-state index contributed by atoms with van der Waals surface area (Å²) in [6, 6.07) is 11.9. The van der Waals surface area contributed by atoms with Gasteiger partial charge in [0.25, 0.3) is 11.5 Å².